The standard InChI is InChI=1S/C24H41NO18S/c1-7(28)25-12-8(29)3-24(23(37)38,43-20(12)13(31)9(30)4-26)44-6-11-14(32)15(33)17(35)22(41-11)42-19-10(5-27)40-21(39-2)18(36)16(19)34/h8-22,26-27,29-36H,3-6H2,1-2H3,(H,25,28)(H,37,38)/t8?,9-,10?,11?,12?,13-,14?,15?,16?,17?,18?,19?,20?,21?,22?,24?/m1/s1. The van der Waals surface area contributed by atoms with Gasteiger partial charge in [0, 0.05) is 26.2 Å². The lowest BCUT2D eigenvalue weighted by atomic mass is 9.90. The first-order chi connectivity index (χ1) is 20.6. The summed E-state index contributed by atoms with van der Waals surface area (Å²) >= 11 is 0.435. The normalized spacial score (nSPS) is 44.5. The first-order valence-corrected chi connectivity index (χ1v) is 14.6. The Bertz CT molecular complexity index is 964. The molecule has 3 rings (SSSR count). The molecule has 14 unspecified atom stereocenters. The lowest BCUT2D eigenvalue weighted by molar-refractivity contribution is -0.354. The summed E-state index contributed by atoms with van der Waals surface area (Å²) < 4.78 is 27.1. The third kappa shape index (κ3) is 7.79. The smallest absolute Gasteiger partial charge is 0.346 e. The molecule has 3 heterocycles. The van der Waals surface area contributed by atoms with Gasteiger partial charge in [-0.2, -0.15) is 0 Å². The van der Waals surface area contributed by atoms with E-state index in [0.29, 0.717) is 11.8 Å². The number of aliphatic hydroxyl groups is 10. The Morgan fingerprint density at radius 3 is 2.11 bits per heavy atom. The number of amides is 1. The van der Waals surface area contributed by atoms with Gasteiger partial charge in [0.15, 0.2) is 12.6 Å². The minimum absolute atomic E-state index is 0.435. The molecule has 3 aliphatic rings. The average Bonchev–Trinajstić information content (AvgIpc) is 2.99. The van der Waals surface area contributed by atoms with Crippen molar-refractivity contribution in [2.24, 2.45) is 0 Å². The van der Waals surface area contributed by atoms with E-state index in [-0.39, 0.29) is 0 Å². The van der Waals surface area contributed by atoms with E-state index in [9.17, 15) is 65.8 Å². The third-order valence-electron chi connectivity index (χ3n) is 7.68. The predicted octanol–water partition coefficient (Wildman–Crippen LogP) is -6.85. The van der Waals surface area contributed by atoms with Crippen molar-refractivity contribution in [3.05, 3.63) is 0 Å². The number of carboxylic acid groups (broad SMARTS) is 1. The molecule has 256 valence electrons. The van der Waals surface area contributed by atoms with E-state index in [1.807, 2.05) is 0 Å². The van der Waals surface area contributed by atoms with Gasteiger partial charge in [-0.1, -0.05) is 0 Å². The number of aliphatic hydroxyl groups excluding tert-OH is 10. The minimum Gasteiger partial charge on any atom is -0.478 e. The fourth-order valence-corrected chi connectivity index (χ4v) is 6.53. The van der Waals surface area contributed by atoms with E-state index in [0.717, 1.165) is 6.92 Å². The molecule has 16 atom stereocenters. The number of methoxy groups -OCH3 is 1. The zero-order valence-electron chi connectivity index (χ0n) is 23.7. The molecule has 3 saturated heterocycles. The predicted molar refractivity (Wildman–Crippen MR) is 141 cm³/mol. The monoisotopic (exact) mass is 663 g/mol. The maximum Gasteiger partial charge on any atom is 0.346 e. The number of hydrogen-bond acceptors (Lipinski definition) is 18. The molecule has 19 nitrogen and oxygen atoms in total. The number of carboxylic acids is 1. The quantitative estimate of drug-likeness (QED) is 0.0923. The number of aliphatic carboxylic acids is 1. The molecule has 1 amide bonds. The topological polar surface area (TPSA) is 315 Å². The summed E-state index contributed by atoms with van der Waals surface area (Å²) in [5.74, 6) is -2.88. The SMILES string of the molecule is COC1OC(CO)C(OC2OC(CSC3(C(=O)O)CC(O)C(NC(C)=O)C([C@H](O)[C@H](O)CO)O3)C(O)C(O)C2O)C(O)C1O. The second-order valence-corrected chi connectivity index (χ2v) is 12.0. The summed E-state index contributed by atoms with van der Waals surface area (Å²) in [6, 6.07) is -1.40. The number of carbonyl (C=O) groups is 2. The molecule has 3 aliphatic heterocycles. The number of ether oxygens (including phenoxy) is 5. The largest absolute Gasteiger partial charge is 0.478 e. The van der Waals surface area contributed by atoms with Gasteiger partial charge in [0.25, 0.3) is 0 Å². The molecule has 0 radical (unpaired) electrons. The van der Waals surface area contributed by atoms with Gasteiger partial charge in [-0.15, -0.1) is 11.8 Å². The van der Waals surface area contributed by atoms with E-state index in [4.69, 9.17) is 23.7 Å². The molecular weight excluding hydrogens is 622 g/mol. The Hall–Kier alpha value is -1.31. The average molecular weight is 664 g/mol. The van der Waals surface area contributed by atoms with Crippen molar-refractivity contribution in [2.45, 2.75) is 110 Å². The van der Waals surface area contributed by atoms with Crippen LogP contribution in [0.2, 0.25) is 0 Å². The zero-order valence-corrected chi connectivity index (χ0v) is 24.5. The summed E-state index contributed by atoms with van der Waals surface area (Å²) in [5, 5.41) is 115. The highest BCUT2D eigenvalue weighted by atomic mass is 32.2. The fourth-order valence-electron chi connectivity index (χ4n) is 5.23. The summed E-state index contributed by atoms with van der Waals surface area (Å²) in [4.78, 5) is 21.8. The molecule has 12 N–H and O–H groups in total. The molecule has 44 heavy (non-hydrogen) atoms. The van der Waals surface area contributed by atoms with E-state index < -0.39 is 134 Å². The van der Waals surface area contributed by atoms with Crippen molar-refractivity contribution >= 4 is 23.6 Å². The van der Waals surface area contributed by atoms with Crippen molar-refractivity contribution < 1.29 is 89.4 Å². The van der Waals surface area contributed by atoms with Gasteiger partial charge in [0.1, 0.15) is 61.0 Å². The lowest BCUT2D eigenvalue weighted by Gasteiger charge is -2.48. The van der Waals surface area contributed by atoms with Gasteiger partial charge in [-0.05, 0) is 0 Å². The van der Waals surface area contributed by atoms with Crippen molar-refractivity contribution in [1.82, 2.24) is 5.32 Å². The second kappa shape index (κ2) is 15.5. The number of hydrogen-bond donors (Lipinski definition) is 12. The van der Waals surface area contributed by atoms with Gasteiger partial charge >= 0.3 is 5.97 Å². The molecule has 3 fully saturated rings. The highest BCUT2D eigenvalue weighted by Crippen LogP contribution is 2.42. The van der Waals surface area contributed by atoms with Crippen LogP contribution in [-0.4, -0.2) is 191 Å². The minimum atomic E-state index is -2.40. The first-order valence-electron chi connectivity index (χ1n) is 13.6. The molecule has 20 heteroatoms. The summed E-state index contributed by atoms with van der Waals surface area (Å²) in [5.41, 5.74) is 0. The lowest BCUT2D eigenvalue weighted by Crippen LogP contribution is -2.67. The maximum absolute atomic E-state index is 12.5. The molecule has 0 aromatic carbocycles. The molecule has 0 aromatic rings. The fraction of sp³-hybridized carbons (Fsp3) is 0.917. The van der Waals surface area contributed by atoms with Crippen LogP contribution in [0.1, 0.15) is 13.3 Å². The summed E-state index contributed by atoms with van der Waals surface area (Å²) in [7, 11) is 1.18. The molecule has 0 aromatic heterocycles. The highest BCUT2D eigenvalue weighted by molar-refractivity contribution is 8.01. The van der Waals surface area contributed by atoms with Crippen LogP contribution >= 0.6 is 11.8 Å². The molecule has 0 aliphatic carbocycles. The van der Waals surface area contributed by atoms with Crippen molar-refractivity contribution in [1.29, 1.82) is 0 Å². The highest BCUT2D eigenvalue weighted by Gasteiger charge is 2.56. The molecular formula is C24H41NO18S. The van der Waals surface area contributed by atoms with Crippen LogP contribution in [0.25, 0.3) is 0 Å². The van der Waals surface area contributed by atoms with Gasteiger partial charge in [0.05, 0.1) is 31.5 Å². The van der Waals surface area contributed by atoms with Crippen LogP contribution in [0.3, 0.4) is 0 Å². The number of thioether (sulfide) groups is 1. The Kier molecular flexibility index (Phi) is 13.1. The maximum atomic E-state index is 12.5. The van der Waals surface area contributed by atoms with Crippen molar-refractivity contribution in [2.75, 3.05) is 26.1 Å². The van der Waals surface area contributed by atoms with Crippen LogP contribution in [-0.2, 0) is 33.3 Å². The molecule has 0 saturated carbocycles. The van der Waals surface area contributed by atoms with Crippen LogP contribution in [0.4, 0.5) is 0 Å². The summed E-state index contributed by atoms with van der Waals surface area (Å²) in [6.07, 6.45) is -24.5. The van der Waals surface area contributed by atoms with Gasteiger partial charge < -0.3 is 85.2 Å². The Labute approximate surface area is 254 Å². The molecule has 0 spiro atoms. The Balaban J connectivity index is 1.81. The van der Waals surface area contributed by atoms with Gasteiger partial charge in [-0.25, -0.2) is 4.79 Å². The van der Waals surface area contributed by atoms with Crippen LogP contribution in [0.15, 0.2) is 0 Å². The van der Waals surface area contributed by atoms with E-state index in [2.05, 4.69) is 5.32 Å². The van der Waals surface area contributed by atoms with E-state index in [1.54, 1.807) is 0 Å². The van der Waals surface area contributed by atoms with Crippen LogP contribution in [0.5, 0.6) is 0 Å². The van der Waals surface area contributed by atoms with Crippen molar-refractivity contribution in [3.63, 3.8) is 0 Å². The summed E-state index contributed by atoms with van der Waals surface area (Å²) in [6.45, 7) is -0.619. The molecule has 0 bridgehead atoms. The third-order valence-corrected chi connectivity index (χ3v) is 9.08. The van der Waals surface area contributed by atoms with E-state index >= 15 is 0 Å². The van der Waals surface area contributed by atoms with Gasteiger partial charge in [0.2, 0.25) is 10.8 Å². The van der Waals surface area contributed by atoms with E-state index in [1.165, 1.54) is 7.11 Å². The zero-order chi connectivity index (χ0) is 33.1. The van der Waals surface area contributed by atoms with Crippen LogP contribution in [0, 0.1) is 0 Å². The Morgan fingerprint density at radius 1 is 0.955 bits per heavy atom. The van der Waals surface area contributed by atoms with Crippen molar-refractivity contribution in [3.8, 4) is 0 Å². The Morgan fingerprint density at radius 2 is 1.57 bits per heavy atom. The first kappa shape index (κ1) is 37.2. The second-order valence-electron chi connectivity index (χ2n) is 10.7. The van der Waals surface area contributed by atoms with Gasteiger partial charge in [-0.3, -0.25) is 4.79 Å². The number of nitrogens with one attached hydrogen (secondary N) is 1. The number of rotatable bonds is 12. The van der Waals surface area contributed by atoms with Crippen LogP contribution < -0.4 is 5.32 Å². The number of carbonyl (C=O) groups excluding carboxylic acids is 1.